The maximum absolute atomic E-state index is 10.9. The van der Waals surface area contributed by atoms with Crippen LogP contribution in [-0.2, 0) is 13.0 Å². The van der Waals surface area contributed by atoms with E-state index in [0.717, 1.165) is 19.5 Å². The lowest BCUT2D eigenvalue weighted by Crippen LogP contribution is -2.30. The van der Waals surface area contributed by atoms with Crippen molar-refractivity contribution in [3.8, 4) is 0 Å². The van der Waals surface area contributed by atoms with E-state index in [1.54, 1.807) is 11.3 Å². The smallest absolute Gasteiger partial charge is 0.337 e. The third-order valence-corrected chi connectivity index (χ3v) is 4.48. The van der Waals surface area contributed by atoms with E-state index in [1.165, 1.54) is 22.7 Å². The second kappa shape index (κ2) is 4.83. The van der Waals surface area contributed by atoms with Crippen LogP contribution in [0.5, 0.6) is 0 Å². The minimum absolute atomic E-state index is 0.113. The molecule has 98 valence electrons. The van der Waals surface area contributed by atoms with Gasteiger partial charge in [0.25, 0.3) is 0 Å². The molecule has 0 unspecified atom stereocenters. The van der Waals surface area contributed by atoms with Gasteiger partial charge in [-0.3, -0.25) is 0 Å². The van der Waals surface area contributed by atoms with E-state index in [-0.39, 0.29) is 5.56 Å². The van der Waals surface area contributed by atoms with E-state index in [1.807, 2.05) is 0 Å². The van der Waals surface area contributed by atoms with Gasteiger partial charge in [0, 0.05) is 24.2 Å². The highest BCUT2D eigenvalue weighted by Crippen LogP contribution is 2.30. The minimum Gasteiger partial charge on any atom is -0.478 e. The summed E-state index contributed by atoms with van der Waals surface area (Å²) in [6.45, 7) is 1.63. The number of carboxylic acids is 1. The SMILES string of the molecule is O=C(O)c1cnc(N2CCc3sccc3C2)c(Cl)c1. The number of hydrogen-bond acceptors (Lipinski definition) is 4. The number of rotatable bonds is 2. The molecule has 0 aliphatic carbocycles. The Morgan fingerprint density at radius 2 is 2.37 bits per heavy atom. The standard InChI is InChI=1S/C13H11ClN2O2S/c14-10-5-9(13(17)18)6-15-12(10)16-3-1-11-8(7-16)2-4-19-11/h2,4-6H,1,3,7H2,(H,17,18). The zero-order valence-corrected chi connectivity index (χ0v) is 11.5. The summed E-state index contributed by atoms with van der Waals surface area (Å²) in [5.74, 6) is -0.358. The number of thiophene rings is 1. The molecule has 0 aromatic carbocycles. The van der Waals surface area contributed by atoms with Crippen molar-refractivity contribution in [2.75, 3.05) is 11.4 Å². The monoisotopic (exact) mass is 294 g/mol. The van der Waals surface area contributed by atoms with Gasteiger partial charge < -0.3 is 10.0 Å². The molecule has 1 aliphatic heterocycles. The van der Waals surface area contributed by atoms with Crippen LogP contribution >= 0.6 is 22.9 Å². The summed E-state index contributed by atoms with van der Waals surface area (Å²) in [7, 11) is 0. The Labute approximate surface area is 119 Å². The number of aromatic nitrogens is 1. The van der Waals surface area contributed by atoms with Crippen molar-refractivity contribution in [3.63, 3.8) is 0 Å². The molecular weight excluding hydrogens is 284 g/mol. The Morgan fingerprint density at radius 1 is 1.53 bits per heavy atom. The van der Waals surface area contributed by atoms with E-state index in [4.69, 9.17) is 16.7 Å². The number of carboxylic acid groups (broad SMARTS) is 1. The first-order chi connectivity index (χ1) is 9.15. The van der Waals surface area contributed by atoms with Gasteiger partial charge in [-0.25, -0.2) is 9.78 Å². The van der Waals surface area contributed by atoms with Crippen molar-refractivity contribution >= 4 is 34.7 Å². The third-order valence-electron chi connectivity index (χ3n) is 3.18. The predicted octanol–water partition coefficient (Wildman–Crippen LogP) is 3.06. The summed E-state index contributed by atoms with van der Waals surface area (Å²) in [5, 5.41) is 11.4. The number of hydrogen-bond donors (Lipinski definition) is 1. The van der Waals surface area contributed by atoms with Gasteiger partial charge in [-0.05, 0) is 29.5 Å². The van der Waals surface area contributed by atoms with Crippen LogP contribution in [-0.4, -0.2) is 22.6 Å². The molecule has 1 aliphatic rings. The molecule has 0 radical (unpaired) electrons. The van der Waals surface area contributed by atoms with Crippen molar-refractivity contribution < 1.29 is 9.90 Å². The number of aromatic carboxylic acids is 1. The van der Waals surface area contributed by atoms with E-state index < -0.39 is 5.97 Å². The van der Waals surface area contributed by atoms with Gasteiger partial charge in [0.1, 0.15) is 5.82 Å². The molecule has 0 bridgehead atoms. The topological polar surface area (TPSA) is 53.4 Å². The Morgan fingerprint density at radius 3 is 3.11 bits per heavy atom. The van der Waals surface area contributed by atoms with E-state index in [2.05, 4.69) is 21.3 Å². The van der Waals surface area contributed by atoms with Crippen LogP contribution in [0.15, 0.2) is 23.7 Å². The maximum Gasteiger partial charge on any atom is 0.337 e. The highest BCUT2D eigenvalue weighted by Gasteiger charge is 2.21. The fourth-order valence-electron chi connectivity index (χ4n) is 2.21. The van der Waals surface area contributed by atoms with Crippen LogP contribution in [0.1, 0.15) is 20.8 Å². The molecule has 3 rings (SSSR count). The lowest BCUT2D eigenvalue weighted by atomic mass is 10.1. The number of pyridine rings is 1. The highest BCUT2D eigenvalue weighted by atomic mass is 35.5. The lowest BCUT2D eigenvalue weighted by molar-refractivity contribution is 0.0696. The van der Waals surface area contributed by atoms with Crippen LogP contribution in [0.25, 0.3) is 0 Å². The fourth-order valence-corrected chi connectivity index (χ4v) is 3.39. The molecule has 0 amide bonds. The summed E-state index contributed by atoms with van der Waals surface area (Å²) >= 11 is 7.92. The molecule has 2 aromatic rings. The lowest BCUT2D eigenvalue weighted by Gasteiger charge is -2.28. The Kier molecular flexibility index (Phi) is 3.16. The number of nitrogens with zero attached hydrogens (tertiary/aromatic N) is 2. The van der Waals surface area contributed by atoms with Crippen molar-refractivity contribution in [2.24, 2.45) is 0 Å². The molecule has 0 atom stereocenters. The van der Waals surface area contributed by atoms with Gasteiger partial charge in [-0.2, -0.15) is 0 Å². The van der Waals surface area contributed by atoms with Crippen molar-refractivity contribution in [3.05, 3.63) is 44.7 Å². The average molecular weight is 295 g/mol. The van der Waals surface area contributed by atoms with Gasteiger partial charge in [0.15, 0.2) is 0 Å². The number of halogens is 1. The van der Waals surface area contributed by atoms with E-state index in [9.17, 15) is 4.79 Å². The highest BCUT2D eigenvalue weighted by molar-refractivity contribution is 7.10. The number of anilines is 1. The first-order valence-corrected chi connectivity index (χ1v) is 7.10. The molecule has 19 heavy (non-hydrogen) atoms. The van der Waals surface area contributed by atoms with Crippen LogP contribution in [0, 0.1) is 0 Å². The summed E-state index contributed by atoms with van der Waals surface area (Å²) in [4.78, 5) is 18.6. The third kappa shape index (κ3) is 2.31. The molecule has 0 spiro atoms. The molecule has 2 aromatic heterocycles. The average Bonchev–Trinajstić information content (AvgIpc) is 2.85. The van der Waals surface area contributed by atoms with Gasteiger partial charge >= 0.3 is 5.97 Å². The van der Waals surface area contributed by atoms with Gasteiger partial charge in [0.2, 0.25) is 0 Å². The minimum atomic E-state index is -1.01. The Hall–Kier alpha value is -1.59. The number of carbonyl (C=O) groups is 1. The van der Waals surface area contributed by atoms with Crippen LogP contribution < -0.4 is 4.90 Å². The first-order valence-electron chi connectivity index (χ1n) is 5.84. The van der Waals surface area contributed by atoms with Crippen LogP contribution in [0.4, 0.5) is 5.82 Å². The predicted molar refractivity (Wildman–Crippen MR) is 75.3 cm³/mol. The summed E-state index contributed by atoms with van der Waals surface area (Å²) in [6, 6.07) is 3.57. The number of fused-ring (bicyclic) bond motifs is 1. The van der Waals surface area contributed by atoms with E-state index >= 15 is 0 Å². The quantitative estimate of drug-likeness (QED) is 0.925. The van der Waals surface area contributed by atoms with Gasteiger partial charge in [-0.15, -0.1) is 11.3 Å². The zero-order valence-electron chi connectivity index (χ0n) is 9.97. The normalized spacial score (nSPS) is 14.3. The zero-order chi connectivity index (χ0) is 13.4. The first kappa shape index (κ1) is 12.4. The summed E-state index contributed by atoms with van der Waals surface area (Å²) in [5.41, 5.74) is 1.42. The molecule has 4 nitrogen and oxygen atoms in total. The van der Waals surface area contributed by atoms with Crippen molar-refractivity contribution in [1.82, 2.24) is 4.98 Å². The molecule has 3 heterocycles. The molecular formula is C13H11ClN2O2S. The van der Waals surface area contributed by atoms with Crippen LogP contribution in [0.2, 0.25) is 5.02 Å². The van der Waals surface area contributed by atoms with Crippen molar-refractivity contribution in [2.45, 2.75) is 13.0 Å². The second-order valence-electron chi connectivity index (χ2n) is 4.38. The molecule has 0 saturated heterocycles. The Balaban J connectivity index is 1.90. The van der Waals surface area contributed by atoms with Crippen molar-refractivity contribution in [1.29, 1.82) is 0 Å². The molecule has 0 saturated carbocycles. The summed E-state index contributed by atoms with van der Waals surface area (Å²) < 4.78 is 0. The van der Waals surface area contributed by atoms with Gasteiger partial charge in [-0.1, -0.05) is 11.6 Å². The molecule has 1 N–H and O–H groups in total. The second-order valence-corrected chi connectivity index (χ2v) is 5.78. The molecule has 0 fully saturated rings. The Bertz CT molecular complexity index is 641. The molecule has 6 heteroatoms. The van der Waals surface area contributed by atoms with E-state index in [0.29, 0.717) is 10.8 Å². The summed E-state index contributed by atoms with van der Waals surface area (Å²) in [6.07, 6.45) is 2.33. The van der Waals surface area contributed by atoms with Gasteiger partial charge in [0.05, 0.1) is 10.6 Å². The fraction of sp³-hybridized carbons (Fsp3) is 0.231. The maximum atomic E-state index is 10.9. The largest absolute Gasteiger partial charge is 0.478 e. The van der Waals surface area contributed by atoms with Crippen LogP contribution in [0.3, 0.4) is 0 Å².